The Morgan fingerprint density at radius 3 is 2.68 bits per heavy atom. The van der Waals surface area contributed by atoms with Crippen LogP contribution in [0.2, 0.25) is 0 Å². The fourth-order valence-corrected chi connectivity index (χ4v) is 4.60. The Morgan fingerprint density at radius 2 is 1.84 bits per heavy atom. The monoisotopic (exact) mass is 516 g/mol. The minimum Gasteiger partial charge on any atom is -0.497 e. The van der Waals surface area contributed by atoms with Gasteiger partial charge in [0.05, 0.1) is 20.3 Å². The van der Waals surface area contributed by atoms with E-state index in [9.17, 15) is 4.79 Å². The van der Waals surface area contributed by atoms with Crippen molar-refractivity contribution >= 4 is 5.91 Å². The number of hydrogen-bond donors (Lipinski definition) is 1. The first kappa shape index (κ1) is 27.7. The van der Waals surface area contributed by atoms with Crippen LogP contribution in [-0.2, 0) is 24.2 Å². The van der Waals surface area contributed by atoms with E-state index in [0.717, 1.165) is 42.3 Å². The van der Waals surface area contributed by atoms with E-state index in [0.29, 0.717) is 44.3 Å². The summed E-state index contributed by atoms with van der Waals surface area (Å²) in [6.45, 7) is 9.51. The van der Waals surface area contributed by atoms with Crippen LogP contribution in [0.4, 0.5) is 0 Å². The van der Waals surface area contributed by atoms with Gasteiger partial charge in [-0.1, -0.05) is 50.2 Å². The number of nitrogens with zero attached hydrogens (tertiary/aromatic N) is 1. The molecule has 0 saturated heterocycles. The Balaban J connectivity index is 1.51. The van der Waals surface area contributed by atoms with Gasteiger partial charge in [-0.15, -0.1) is 0 Å². The number of methoxy groups -OCH3 is 1. The summed E-state index contributed by atoms with van der Waals surface area (Å²) in [5, 5.41) is 3.03. The molecule has 0 fully saturated rings. The first-order valence-corrected chi connectivity index (χ1v) is 13.5. The normalized spacial score (nSPS) is 14.7. The molecule has 38 heavy (non-hydrogen) atoms. The molecule has 0 spiro atoms. The van der Waals surface area contributed by atoms with Crippen molar-refractivity contribution in [1.29, 1.82) is 0 Å². The molecule has 1 N–H and O–H groups in total. The molecule has 6 heteroatoms. The number of carbonyl (C=O) groups is 1. The number of fused-ring (bicyclic) bond motifs is 3. The van der Waals surface area contributed by atoms with E-state index < -0.39 is 0 Å². The van der Waals surface area contributed by atoms with Crippen molar-refractivity contribution in [3.63, 3.8) is 0 Å². The molecule has 3 aromatic rings. The second-order valence-corrected chi connectivity index (χ2v) is 10.3. The van der Waals surface area contributed by atoms with Crippen LogP contribution in [-0.4, -0.2) is 50.8 Å². The van der Waals surface area contributed by atoms with Crippen LogP contribution in [0.3, 0.4) is 0 Å². The zero-order valence-corrected chi connectivity index (χ0v) is 22.9. The lowest BCUT2D eigenvalue weighted by molar-refractivity contribution is 0.0764. The molecule has 3 aromatic carbocycles. The van der Waals surface area contributed by atoms with E-state index in [2.05, 4.69) is 48.3 Å². The molecule has 0 aliphatic carbocycles. The van der Waals surface area contributed by atoms with Gasteiger partial charge in [0.2, 0.25) is 0 Å². The van der Waals surface area contributed by atoms with Crippen molar-refractivity contribution in [2.24, 2.45) is 5.92 Å². The van der Waals surface area contributed by atoms with Crippen molar-refractivity contribution in [2.75, 3.05) is 40.0 Å². The van der Waals surface area contributed by atoms with Gasteiger partial charge in [0.1, 0.15) is 18.1 Å². The van der Waals surface area contributed by atoms with Crippen molar-refractivity contribution in [3.8, 4) is 11.5 Å². The Kier molecular flexibility index (Phi) is 10.2. The largest absolute Gasteiger partial charge is 0.497 e. The Morgan fingerprint density at radius 1 is 1.00 bits per heavy atom. The third kappa shape index (κ3) is 8.33. The highest BCUT2D eigenvalue weighted by molar-refractivity contribution is 5.94. The second kappa shape index (κ2) is 14.0. The van der Waals surface area contributed by atoms with Crippen LogP contribution in [0.5, 0.6) is 11.5 Å². The van der Waals surface area contributed by atoms with Crippen molar-refractivity contribution in [1.82, 2.24) is 10.2 Å². The van der Waals surface area contributed by atoms with Gasteiger partial charge in [0, 0.05) is 31.6 Å². The van der Waals surface area contributed by atoms with Gasteiger partial charge >= 0.3 is 0 Å². The molecule has 6 nitrogen and oxygen atoms in total. The van der Waals surface area contributed by atoms with Crippen molar-refractivity contribution in [3.05, 3.63) is 94.5 Å². The Labute approximate surface area is 226 Å². The molecule has 2 bridgehead atoms. The highest BCUT2D eigenvalue weighted by Gasteiger charge is 2.14. The fourth-order valence-electron chi connectivity index (χ4n) is 4.60. The van der Waals surface area contributed by atoms with Crippen LogP contribution in [0.25, 0.3) is 0 Å². The number of benzene rings is 3. The van der Waals surface area contributed by atoms with Crippen molar-refractivity contribution < 1.29 is 19.0 Å². The Hall–Kier alpha value is -3.35. The number of hydrogen-bond acceptors (Lipinski definition) is 5. The highest BCUT2D eigenvalue weighted by Crippen LogP contribution is 2.25. The lowest BCUT2D eigenvalue weighted by atomic mass is 9.99. The maximum atomic E-state index is 13.0. The van der Waals surface area contributed by atoms with Gasteiger partial charge in [-0.2, -0.15) is 0 Å². The Bertz CT molecular complexity index is 1190. The second-order valence-electron chi connectivity index (χ2n) is 10.3. The van der Waals surface area contributed by atoms with E-state index in [4.69, 9.17) is 14.2 Å². The molecule has 1 aliphatic rings. The standard InChI is InChI=1S/C32H40N2O4/c1-24(2)12-13-34-14-15-37-16-17-38-31-11-10-28(21-29(31)19-25-6-4-8-27(18-25)23-34)32(35)33-22-26-7-5-9-30(20-26)36-3/h4-11,18,20-21,24H,12-17,19,22-23H2,1-3H3,(H,33,35). The van der Waals surface area contributed by atoms with E-state index in [1.807, 2.05) is 42.5 Å². The first-order valence-electron chi connectivity index (χ1n) is 13.5. The summed E-state index contributed by atoms with van der Waals surface area (Å²) in [7, 11) is 1.64. The molecule has 0 saturated carbocycles. The summed E-state index contributed by atoms with van der Waals surface area (Å²) in [6, 6.07) is 22.1. The zero-order chi connectivity index (χ0) is 26.7. The number of amides is 1. The molecule has 1 aliphatic heterocycles. The van der Waals surface area contributed by atoms with Gasteiger partial charge in [0.25, 0.3) is 5.91 Å². The average Bonchev–Trinajstić information content (AvgIpc) is 2.92. The quantitative estimate of drug-likeness (QED) is 0.451. The predicted octanol–water partition coefficient (Wildman–Crippen LogP) is 5.47. The number of nitrogens with one attached hydrogen (secondary N) is 1. The predicted molar refractivity (Wildman–Crippen MR) is 151 cm³/mol. The fraction of sp³-hybridized carbons (Fsp3) is 0.406. The molecular formula is C32H40N2O4. The topological polar surface area (TPSA) is 60.0 Å². The van der Waals surface area contributed by atoms with Gasteiger partial charge in [-0.05, 0) is 71.5 Å². The van der Waals surface area contributed by atoms with E-state index in [1.165, 1.54) is 17.5 Å². The molecule has 202 valence electrons. The lowest BCUT2D eigenvalue weighted by Gasteiger charge is -2.24. The van der Waals surface area contributed by atoms with Crippen molar-refractivity contribution in [2.45, 2.75) is 39.8 Å². The highest BCUT2D eigenvalue weighted by atomic mass is 16.5. The average molecular weight is 517 g/mol. The summed E-state index contributed by atoms with van der Waals surface area (Å²) in [6.07, 6.45) is 1.85. The summed E-state index contributed by atoms with van der Waals surface area (Å²) >= 11 is 0. The molecule has 0 unspecified atom stereocenters. The van der Waals surface area contributed by atoms with Crippen LogP contribution in [0, 0.1) is 5.92 Å². The molecule has 0 atom stereocenters. The SMILES string of the molecule is COc1cccc(CNC(=O)c2ccc3c(c2)Cc2cccc(c2)CN(CCC(C)C)CCOCCO3)c1. The summed E-state index contributed by atoms with van der Waals surface area (Å²) in [5.74, 6) is 2.11. The van der Waals surface area contributed by atoms with E-state index >= 15 is 0 Å². The molecular weight excluding hydrogens is 476 g/mol. The molecule has 0 aromatic heterocycles. The minimum absolute atomic E-state index is 0.118. The molecule has 1 amide bonds. The van der Waals surface area contributed by atoms with E-state index in [-0.39, 0.29) is 5.91 Å². The maximum Gasteiger partial charge on any atom is 0.251 e. The van der Waals surface area contributed by atoms with Crippen LogP contribution < -0.4 is 14.8 Å². The molecule has 0 radical (unpaired) electrons. The first-order chi connectivity index (χ1) is 18.5. The van der Waals surface area contributed by atoms with Gasteiger partial charge in [-0.3, -0.25) is 9.69 Å². The number of ether oxygens (including phenoxy) is 3. The summed E-state index contributed by atoms with van der Waals surface area (Å²) in [4.78, 5) is 15.5. The smallest absolute Gasteiger partial charge is 0.251 e. The summed E-state index contributed by atoms with van der Waals surface area (Å²) in [5.41, 5.74) is 5.09. The molecule has 1 heterocycles. The lowest BCUT2D eigenvalue weighted by Crippen LogP contribution is -2.29. The van der Waals surface area contributed by atoms with Gasteiger partial charge < -0.3 is 19.5 Å². The van der Waals surface area contributed by atoms with Crippen LogP contribution >= 0.6 is 0 Å². The number of carbonyl (C=O) groups excluding carboxylic acids is 1. The molecule has 4 rings (SSSR count). The van der Waals surface area contributed by atoms with E-state index in [1.54, 1.807) is 7.11 Å². The number of rotatable bonds is 7. The van der Waals surface area contributed by atoms with Crippen LogP contribution in [0.1, 0.15) is 52.9 Å². The van der Waals surface area contributed by atoms with Gasteiger partial charge in [-0.25, -0.2) is 0 Å². The maximum absolute atomic E-state index is 13.0. The third-order valence-corrected chi connectivity index (χ3v) is 6.76. The minimum atomic E-state index is -0.118. The van der Waals surface area contributed by atoms with Crippen LogP contribution in [0.15, 0.2) is 66.7 Å². The summed E-state index contributed by atoms with van der Waals surface area (Å²) < 4.78 is 17.3. The zero-order valence-electron chi connectivity index (χ0n) is 22.9. The van der Waals surface area contributed by atoms with Gasteiger partial charge in [0.15, 0.2) is 0 Å². The third-order valence-electron chi connectivity index (χ3n) is 6.76.